The molecule has 1 aliphatic heterocycles. The Kier molecular flexibility index (Phi) is 5.31. The molecule has 0 unspecified atom stereocenters. The molecule has 28 heavy (non-hydrogen) atoms. The van der Waals surface area contributed by atoms with Crippen molar-refractivity contribution >= 4 is 23.5 Å². The average Bonchev–Trinajstić information content (AvgIpc) is 3.31. The molecule has 1 saturated carbocycles. The highest BCUT2D eigenvalue weighted by atomic mass is 35.5. The van der Waals surface area contributed by atoms with Gasteiger partial charge in [-0.05, 0) is 42.7 Å². The van der Waals surface area contributed by atoms with Gasteiger partial charge in [0.05, 0.1) is 6.26 Å². The zero-order chi connectivity index (χ0) is 19.6. The lowest BCUT2D eigenvalue weighted by atomic mass is 9.96. The normalized spacial score (nSPS) is 18.9. The van der Waals surface area contributed by atoms with E-state index >= 15 is 0 Å². The molecule has 2 heterocycles. The van der Waals surface area contributed by atoms with Gasteiger partial charge < -0.3 is 19.5 Å². The van der Waals surface area contributed by atoms with Crippen molar-refractivity contribution in [1.82, 2.24) is 15.1 Å². The van der Waals surface area contributed by atoms with Gasteiger partial charge in [-0.2, -0.15) is 0 Å². The lowest BCUT2D eigenvalue weighted by Gasteiger charge is -2.36. The molecule has 7 heteroatoms. The predicted molar refractivity (Wildman–Crippen MR) is 110 cm³/mol. The zero-order valence-corrected chi connectivity index (χ0v) is 16.8. The maximum atomic E-state index is 12.4. The molecule has 0 spiro atoms. The van der Waals surface area contributed by atoms with Crippen LogP contribution in [0, 0.1) is 0 Å². The van der Waals surface area contributed by atoms with Crippen LogP contribution in [0.4, 0.5) is 0 Å². The van der Waals surface area contributed by atoms with E-state index in [4.69, 9.17) is 16.0 Å². The third-order valence-electron chi connectivity index (χ3n) is 5.69. The topological polar surface area (TPSA) is 61.1 Å². The molecule has 1 aromatic carbocycles. The van der Waals surface area contributed by atoms with E-state index in [1.165, 1.54) is 11.8 Å². The summed E-state index contributed by atoms with van der Waals surface area (Å²) >= 11 is 6.18. The van der Waals surface area contributed by atoms with Gasteiger partial charge in [-0.15, -0.1) is 0 Å². The van der Waals surface area contributed by atoms with Crippen molar-refractivity contribution in [3.05, 3.63) is 59.0 Å². The Balaban J connectivity index is 1.33. The molecule has 1 aliphatic carbocycles. The number of amides is 1. The fourth-order valence-electron chi connectivity index (χ4n) is 3.79. The van der Waals surface area contributed by atoms with Gasteiger partial charge in [0.2, 0.25) is 0 Å². The van der Waals surface area contributed by atoms with Gasteiger partial charge in [-0.1, -0.05) is 23.7 Å². The molecule has 0 bridgehead atoms. The minimum atomic E-state index is -0.0505. The molecule has 2 aromatic rings. The Morgan fingerprint density at radius 3 is 2.54 bits per heavy atom. The highest BCUT2D eigenvalue weighted by molar-refractivity contribution is 6.30. The number of guanidine groups is 1. The summed E-state index contributed by atoms with van der Waals surface area (Å²) in [5, 5.41) is 4.33. The van der Waals surface area contributed by atoms with E-state index in [9.17, 15) is 4.79 Å². The second-order valence-electron chi connectivity index (χ2n) is 7.45. The van der Waals surface area contributed by atoms with Crippen LogP contribution in [-0.2, 0) is 5.41 Å². The Labute approximate surface area is 170 Å². The Morgan fingerprint density at radius 2 is 1.93 bits per heavy atom. The first-order valence-corrected chi connectivity index (χ1v) is 10.0. The highest BCUT2D eigenvalue weighted by Crippen LogP contribution is 2.48. The minimum absolute atomic E-state index is 0.0505. The van der Waals surface area contributed by atoms with E-state index in [0.717, 1.165) is 43.5 Å². The monoisotopic (exact) mass is 400 g/mol. The number of halogens is 1. The van der Waals surface area contributed by atoms with Gasteiger partial charge in [-0.25, -0.2) is 0 Å². The molecule has 1 N–H and O–H groups in total. The van der Waals surface area contributed by atoms with Crippen molar-refractivity contribution in [2.45, 2.75) is 18.3 Å². The number of nitrogens with one attached hydrogen (secondary N) is 1. The number of rotatable bonds is 4. The molecule has 148 valence electrons. The number of furan rings is 1. The van der Waals surface area contributed by atoms with E-state index in [2.05, 4.69) is 27.3 Å². The number of piperazine rings is 1. The Morgan fingerprint density at radius 1 is 1.18 bits per heavy atom. The number of hydrogen-bond acceptors (Lipinski definition) is 3. The van der Waals surface area contributed by atoms with E-state index in [0.29, 0.717) is 18.8 Å². The minimum Gasteiger partial charge on any atom is -0.459 e. The largest absolute Gasteiger partial charge is 0.459 e. The smallest absolute Gasteiger partial charge is 0.289 e. The molecule has 6 nitrogen and oxygen atoms in total. The summed E-state index contributed by atoms with van der Waals surface area (Å²) in [6.07, 6.45) is 3.84. The SMILES string of the molecule is CN=C(NCC1(c2cccc(Cl)c2)CC1)N1CCN(C(=O)c2ccco2)CC1. The van der Waals surface area contributed by atoms with Gasteiger partial charge in [0.1, 0.15) is 0 Å². The Hall–Kier alpha value is -2.47. The molecule has 1 saturated heterocycles. The van der Waals surface area contributed by atoms with Crippen LogP contribution >= 0.6 is 11.6 Å². The van der Waals surface area contributed by atoms with E-state index in [1.54, 1.807) is 12.1 Å². The molecule has 2 aliphatic rings. The van der Waals surface area contributed by atoms with Crippen LogP contribution in [0.25, 0.3) is 0 Å². The highest BCUT2D eigenvalue weighted by Gasteiger charge is 2.44. The van der Waals surface area contributed by atoms with Crippen molar-refractivity contribution in [3.8, 4) is 0 Å². The van der Waals surface area contributed by atoms with Crippen molar-refractivity contribution in [2.24, 2.45) is 4.99 Å². The van der Waals surface area contributed by atoms with Crippen molar-refractivity contribution < 1.29 is 9.21 Å². The fraction of sp³-hybridized carbons (Fsp3) is 0.429. The molecule has 1 aromatic heterocycles. The number of benzene rings is 1. The van der Waals surface area contributed by atoms with Gasteiger partial charge >= 0.3 is 0 Å². The molecular weight excluding hydrogens is 376 g/mol. The van der Waals surface area contributed by atoms with Gasteiger partial charge in [-0.3, -0.25) is 9.79 Å². The van der Waals surface area contributed by atoms with Gasteiger partial charge in [0, 0.05) is 50.2 Å². The molecule has 2 fully saturated rings. The molecule has 0 radical (unpaired) electrons. The van der Waals surface area contributed by atoms with Crippen molar-refractivity contribution in [3.63, 3.8) is 0 Å². The van der Waals surface area contributed by atoms with Crippen LogP contribution in [0.1, 0.15) is 29.0 Å². The number of hydrogen-bond donors (Lipinski definition) is 1. The third-order valence-corrected chi connectivity index (χ3v) is 5.92. The lowest BCUT2D eigenvalue weighted by molar-refractivity contribution is 0.0657. The van der Waals surface area contributed by atoms with E-state index < -0.39 is 0 Å². The molecule has 4 rings (SSSR count). The summed E-state index contributed by atoms with van der Waals surface area (Å²) in [5.41, 5.74) is 1.44. The summed E-state index contributed by atoms with van der Waals surface area (Å²) in [7, 11) is 1.81. The number of aliphatic imine (C=N–C) groups is 1. The van der Waals surface area contributed by atoms with Crippen LogP contribution in [-0.4, -0.2) is 61.4 Å². The summed E-state index contributed by atoms with van der Waals surface area (Å²) in [5.74, 6) is 1.23. The van der Waals surface area contributed by atoms with Crippen molar-refractivity contribution in [2.75, 3.05) is 39.8 Å². The van der Waals surface area contributed by atoms with Crippen LogP contribution < -0.4 is 5.32 Å². The summed E-state index contributed by atoms with van der Waals surface area (Å²) in [4.78, 5) is 20.9. The summed E-state index contributed by atoms with van der Waals surface area (Å²) < 4.78 is 5.23. The quantitative estimate of drug-likeness (QED) is 0.633. The predicted octanol–water partition coefficient (Wildman–Crippen LogP) is 3.00. The molecule has 0 atom stereocenters. The maximum absolute atomic E-state index is 12.4. The summed E-state index contributed by atoms with van der Waals surface area (Å²) in [6, 6.07) is 11.6. The first-order valence-electron chi connectivity index (χ1n) is 9.66. The van der Waals surface area contributed by atoms with E-state index in [1.807, 2.05) is 24.1 Å². The van der Waals surface area contributed by atoms with Gasteiger partial charge in [0.15, 0.2) is 11.7 Å². The van der Waals surface area contributed by atoms with Crippen LogP contribution in [0.15, 0.2) is 52.1 Å². The molecular formula is C21H25ClN4O2. The Bertz CT molecular complexity index is 853. The van der Waals surface area contributed by atoms with Gasteiger partial charge in [0.25, 0.3) is 5.91 Å². The maximum Gasteiger partial charge on any atom is 0.289 e. The fourth-order valence-corrected chi connectivity index (χ4v) is 3.99. The second kappa shape index (κ2) is 7.87. The number of nitrogens with zero attached hydrogens (tertiary/aromatic N) is 3. The first kappa shape index (κ1) is 18.9. The summed E-state index contributed by atoms with van der Waals surface area (Å²) in [6.45, 7) is 3.64. The van der Waals surface area contributed by atoms with Crippen LogP contribution in [0.3, 0.4) is 0 Å². The third kappa shape index (κ3) is 3.87. The van der Waals surface area contributed by atoms with Crippen LogP contribution in [0.2, 0.25) is 5.02 Å². The number of carbonyl (C=O) groups is 1. The van der Waals surface area contributed by atoms with E-state index in [-0.39, 0.29) is 11.3 Å². The molecule has 1 amide bonds. The van der Waals surface area contributed by atoms with Crippen LogP contribution in [0.5, 0.6) is 0 Å². The first-order chi connectivity index (χ1) is 13.6. The zero-order valence-electron chi connectivity index (χ0n) is 16.0. The standard InChI is InChI=1S/C21H25ClN4O2/c1-23-20(24-15-21(7-8-21)16-4-2-5-17(22)14-16)26-11-9-25(10-12-26)19(27)18-6-3-13-28-18/h2-6,13-14H,7-12,15H2,1H3,(H,23,24). The van der Waals surface area contributed by atoms with Crippen molar-refractivity contribution in [1.29, 1.82) is 0 Å². The second-order valence-corrected chi connectivity index (χ2v) is 7.88. The number of carbonyl (C=O) groups excluding carboxylic acids is 1. The lowest BCUT2D eigenvalue weighted by Crippen LogP contribution is -2.54. The average molecular weight is 401 g/mol.